The van der Waals surface area contributed by atoms with Crippen LogP contribution in [0.25, 0.3) is 0 Å². The molecule has 0 radical (unpaired) electrons. The monoisotopic (exact) mass is 251 g/mol. The summed E-state index contributed by atoms with van der Waals surface area (Å²) in [7, 11) is 0. The van der Waals surface area contributed by atoms with Crippen molar-refractivity contribution in [1.82, 2.24) is 4.90 Å². The van der Waals surface area contributed by atoms with Gasteiger partial charge in [-0.2, -0.15) is 13.2 Å². The number of nitrogens with zero attached hydrogens (tertiary/aromatic N) is 1. The molecule has 1 saturated heterocycles. The van der Waals surface area contributed by atoms with Crippen molar-refractivity contribution in [2.75, 3.05) is 6.54 Å². The molecule has 0 spiro atoms. The molecule has 0 aromatic heterocycles. The van der Waals surface area contributed by atoms with Gasteiger partial charge in [0.25, 0.3) is 0 Å². The molecule has 1 aliphatic rings. The standard InChI is InChI=1S/C10H12F3NO3/c1-6(10(11,12)13)5-8(15)14-4-2-3-7(14)9(16)17/h5,7H,2-4H2,1H3,(H,16,17)/b6-5+. The lowest BCUT2D eigenvalue weighted by Gasteiger charge is -2.20. The topological polar surface area (TPSA) is 57.6 Å². The number of amides is 1. The minimum absolute atomic E-state index is 0.178. The van der Waals surface area contributed by atoms with E-state index in [4.69, 9.17) is 5.11 Å². The van der Waals surface area contributed by atoms with Crippen molar-refractivity contribution in [3.63, 3.8) is 0 Å². The van der Waals surface area contributed by atoms with E-state index in [1.165, 1.54) is 0 Å². The summed E-state index contributed by atoms with van der Waals surface area (Å²) in [5, 5.41) is 8.79. The molecule has 0 aliphatic carbocycles. The molecule has 1 rings (SSSR count). The predicted octanol–water partition coefficient (Wildman–Crippen LogP) is 1.57. The zero-order valence-electron chi connectivity index (χ0n) is 9.12. The Kier molecular flexibility index (Phi) is 3.79. The van der Waals surface area contributed by atoms with Gasteiger partial charge in [-0.25, -0.2) is 4.79 Å². The summed E-state index contributed by atoms with van der Waals surface area (Å²) >= 11 is 0. The number of hydrogen-bond donors (Lipinski definition) is 1. The number of carboxylic acids is 1. The van der Waals surface area contributed by atoms with Crippen LogP contribution in [0.15, 0.2) is 11.6 Å². The molecule has 1 fully saturated rings. The largest absolute Gasteiger partial charge is 0.480 e. The smallest absolute Gasteiger partial charge is 0.412 e. The lowest BCUT2D eigenvalue weighted by Crippen LogP contribution is -2.39. The number of carbonyl (C=O) groups is 2. The summed E-state index contributed by atoms with van der Waals surface area (Å²) < 4.78 is 36.6. The highest BCUT2D eigenvalue weighted by Crippen LogP contribution is 2.26. The molecular weight excluding hydrogens is 239 g/mol. The number of halogens is 3. The number of allylic oxidation sites excluding steroid dienone is 1. The number of carbonyl (C=O) groups excluding carboxylic acids is 1. The Labute approximate surface area is 95.7 Å². The Balaban J connectivity index is 2.81. The van der Waals surface area contributed by atoms with Gasteiger partial charge < -0.3 is 10.0 Å². The average molecular weight is 251 g/mol. The molecule has 1 unspecified atom stereocenters. The summed E-state index contributed by atoms with van der Waals surface area (Å²) in [4.78, 5) is 23.2. The SMILES string of the molecule is C/C(=C\C(=O)N1CCCC1C(=O)O)C(F)(F)F. The maximum atomic E-state index is 12.2. The Morgan fingerprint density at radius 2 is 2.00 bits per heavy atom. The van der Waals surface area contributed by atoms with Crippen LogP contribution in [0.3, 0.4) is 0 Å². The van der Waals surface area contributed by atoms with Gasteiger partial charge in [-0.1, -0.05) is 0 Å². The molecule has 0 aromatic carbocycles. The lowest BCUT2D eigenvalue weighted by atomic mass is 10.2. The fourth-order valence-electron chi connectivity index (χ4n) is 1.64. The van der Waals surface area contributed by atoms with Gasteiger partial charge in [0.15, 0.2) is 0 Å². The number of aliphatic carboxylic acids is 1. The highest BCUT2D eigenvalue weighted by atomic mass is 19.4. The van der Waals surface area contributed by atoms with Crippen LogP contribution in [-0.4, -0.2) is 40.6 Å². The minimum atomic E-state index is -4.56. The Morgan fingerprint density at radius 1 is 1.41 bits per heavy atom. The van der Waals surface area contributed by atoms with E-state index in [-0.39, 0.29) is 13.0 Å². The van der Waals surface area contributed by atoms with E-state index in [2.05, 4.69) is 0 Å². The summed E-state index contributed by atoms with van der Waals surface area (Å²) in [5.41, 5.74) is -1.03. The van der Waals surface area contributed by atoms with Gasteiger partial charge >= 0.3 is 12.1 Å². The minimum Gasteiger partial charge on any atom is -0.480 e. The average Bonchev–Trinajstić information content (AvgIpc) is 2.63. The fourth-order valence-corrected chi connectivity index (χ4v) is 1.64. The molecule has 0 aromatic rings. The number of alkyl halides is 3. The van der Waals surface area contributed by atoms with Gasteiger partial charge in [-0.05, 0) is 19.8 Å². The lowest BCUT2D eigenvalue weighted by molar-refractivity contribution is -0.146. The molecule has 4 nitrogen and oxygen atoms in total. The molecule has 1 aliphatic heterocycles. The Bertz CT molecular complexity index is 362. The Morgan fingerprint density at radius 3 is 2.47 bits per heavy atom. The molecule has 7 heteroatoms. The second-order valence-electron chi connectivity index (χ2n) is 3.85. The number of carboxylic acid groups (broad SMARTS) is 1. The van der Waals surface area contributed by atoms with Gasteiger partial charge in [0.2, 0.25) is 5.91 Å². The van der Waals surface area contributed by atoms with Crippen LogP contribution in [0.1, 0.15) is 19.8 Å². The van der Waals surface area contributed by atoms with E-state index in [9.17, 15) is 22.8 Å². The van der Waals surface area contributed by atoms with Crippen LogP contribution in [0.4, 0.5) is 13.2 Å². The van der Waals surface area contributed by atoms with Crippen LogP contribution in [0.5, 0.6) is 0 Å². The van der Waals surface area contributed by atoms with Crippen LogP contribution >= 0.6 is 0 Å². The van der Waals surface area contributed by atoms with Crippen molar-refractivity contribution in [3.05, 3.63) is 11.6 Å². The highest BCUT2D eigenvalue weighted by Gasteiger charge is 2.35. The van der Waals surface area contributed by atoms with E-state index in [1.807, 2.05) is 0 Å². The first-order valence-electron chi connectivity index (χ1n) is 5.02. The van der Waals surface area contributed by atoms with E-state index in [1.54, 1.807) is 0 Å². The van der Waals surface area contributed by atoms with Crippen LogP contribution in [0.2, 0.25) is 0 Å². The maximum Gasteiger partial charge on any atom is 0.412 e. The molecule has 1 heterocycles. The molecule has 1 amide bonds. The molecule has 1 atom stereocenters. The molecule has 1 N–H and O–H groups in total. The van der Waals surface area contributed by atoms with Crippen molar-refractivity contribution in [3.8, 4) is 0 Å². The molecule has 17 heavy (non-hydrogen) atoms. The fraction of sp³-hybridized carbons (Fsp3) is 0.600. The van der Waals surface area contributed by atoms with Gasteiger partial charge in [0.05, 0.1) is 0 Å². The summed E-state index contributed by atoms with van der Waals surface area (Å²) in [5.74, 6) is -2.08. The molecular formula is C10H12F3NO3. The zero-order chi connectivity index (χ0) is 13.2. The van der Waals surface area contributed by atoms with Crippen molar-refractivity contribution in [1.29, 1.82) is 0 Å². The number of likely N-dealkylation sites (tertiary alicyclic amines) is 1. The van der Waals surface area contributed by atoms with E-state index in [0.717, 1.165) is 11.8 Å². The third-order valence-corrected chi connectivity index (χ3v) is 2.61. The van der Waals surface area contributed by atoms with E-state index < -0.39 is 29.7 Å². The first kappa shape index (κ1) is 13.5. The quantitative estimate of drug-likeness (QED) is 0.758. The van der Waals surface area contributed by atoms with Gasteiger partial charge in [0.1, 0.15) is 6.04 Å². The van der Waals surface area contributed by atoms with E-state index >= 15 is 0 Å². The summed E-state index contributed by atoms with van der Waals surface area (Å²) in [6.07, 6.45) is -3.35. The predicted molar refractivity (Wildman–Crippen MR) is 52.2 cm³/mol. The Hall–Kier alpha value is -1.53. The van der Waals surface area contributed by atoms with Crippen LogP contribution < -0.4 is 0 Å². The number of rotatable bonds is 2. The van der Waals surface area contributed by atoms with Gasteiger partial charge in [-0.3, -0.25) is 4.79 Å². The maximum absolute atomic E-state index is 12.2. The van der Waals surface area contributed by atoms with Gasteiger partial charge in [0, 0.05) is 18.2 Å². The normalized spacial score (nSPS) is 21.8. The zero-order valence-corrected chi connectivity index (χ0v) is 9.12. The second-order valence-corrected chi connectivity index (χ2v) is 3.85. The van der Waals surface area contributed by atoms with Crippen molar-refractivity contribution < 1.29 is 27.9 Å². The second kappa shape index (κ2) is 4.77. The highest BCUT2D eigenvalue weighted by molar-refractivity contribution is 5.92. The summed E-state index contributed by atoms with van der Waals surface area (Å²) in [6, 6.07) is -1.01. The first-order valence-corrected chi connectivity index (χ1v) is 5.02. The van der Waals surface area contributed by atoms with Crippen molar-refractivity contribution >= 4 is 11.9 Å². The third-order valence-electron chi connectivity index (χ3n) is 2.61. The first-order chi connectivity index (χ1) is 7.73. The third kappa shape index (κ3) is 3.21. The molecule has 96 valence electrons. The van der Waals surface area contributed by atoms with Crippen LogP contribution in [0, 0.1) is 0 Å². The van der Waals surface area contributed by atoms with Crippen molar-refractivity contribution in [2.45, 2.75) is 32.0 Å². The van der Waals surface area contributed by atoms with E-state index in [0.29, 0.717) is 12.5 Å². The van der Waals surface area contributed by atoms with Gasteiger partial charge in [-0.15, -0.1) is 0 Å². The number of hydrogen-bond acceptors (Lipinski definition) is 2. The molecule has 0 bridgehead atoms. The summed E-state index contributed by atoms with van der Waals surface area (Å²) in [6.45, 7) is 0.960. The molecule has 0 saturated carbocycles. The van der Waals surface area contributed by atoms with Crippen molar-refractivity contribution in [2.24, 2.45) is 0 Å². The van der Waals surface area contributed by atoms with Crippen LogP contribution in [-0.2, 0) is 9.59 Å².